The smallest absolute Gasteiger partial charge is 0.211 e. The number of allylic oxidation sites excluding steroid dienone is 6. The van der Waals surface area contributed by atoms with Crippen LogP contribution in [0.15, 0.2) is 83.0 Å². The van der Waals surface area contributed by atoms with E-state index in [1.165, 1.54) is 265 Å². The van der Waals surface area contributed by atoms with Crippen molar-refractivity contribution in [2.75, 3.05) is 0 Å². The second kappa shape index (κ2) is 43.9. The summed E-state index contributed by atoms with van der Waals surface area (Å²) in [5.74, 6) is 1.21. The molecule has 424 valence electrons. The predicted octanol–water partition coefficient (Wildman–Crippen LogP) is 25.2. The summed E-state index contributed by atoms with van der Waals surface area (Å²) < 4.78 is 1.73. The SMILES string of the molecule is CCCCCCCC(=CC(CCCCCC)CCc1ccccc1C1=C(CCCC)C(CCCCC)=C(c2ccccc2CCC(C=C(CCCCCC)CCCCCCC)CCCCCC)[N+]1=[N-])CCCCCC. The van der Waals surface area contributed by atoms with Gasteiger partial charge in [-0.25, -0.2) is 4.70 Å². The molecule has 2 nitrogen and oxygen atoms in total. The molecule has 0 amide bonds. The normalized spacial score (nSPS) is 14.3. The van der Waals surface area contributed by atoms with Gasteiger partial charge in [-0.15, -0.1) is 0 Å². The molecule has 0 spiro atoms. The van der Waals surface area contributed by atoms with Crippen LogP contribution in [0, 0.1) is 11.8 Å². The van der Waals surface area contributed by atoms with E-state index >= 15 is 0 Å². The molecule has 0 aliphatic carbocycles. The molecule has 2 aromatic carbocycles. The van der Waals surface area contributed by atoms with Crippen LogP contribution in [0.1, 0.15) is 341 Å². The highest BCUT2D eigenvalue weighted by molar-refractivity contribution is 5.83. The lowest BCUT2D eigenvalue weighted by molar-refractivity contribution is -0.345. The molecule has 0 fully saturated rings. The molecule has 0 saturated carbocycles. The highest BCUT2D eigenvalue weighted by Crippen LogP contribution is 2.46. The topological polar surface area (TPSA) is 25.3 Å². The third-order valence-corrected chi connectivity index (χ3v) is 17.0. The molecule has 75 heavy (non-hydrogen) atoms. The summed E-state index contributed by atoms with van der Waals surface area (Å²) in [5.41, 5.74) is 27.0. The van der Waals surface area contributed by atoms with Crippen LogP contribution in [0.5, 0.6) is 0 Å². The van der Waals surface area contributed by atoms with Crippen LogP contribution in [-0.4, -0.2) is 4.70 Å². The van der Waals surface area contributed by atoms with E-state index in [0.717, 1.165) is 56.3 Å². The van der Waals surface area contributed by atoms with Gasteiger partial charge in [0.25, 0.3) is 0 Å². The lowest BCUT2D eigenvalue weighted by atomic mass is 9.86. The van der Waals surface area contributed by atoms with E-state index in [9.17, 15) is 5.53 Å². The van der Waals surface area contributed by atoms with E-state index in [-0.39, 0.29) is 0 Å². The van der Waals surface area contributed by atoms with Gasteiger partial charge in [0.15, 0.2) is 0 Å². The number of nitrogens with zero attached hydrogens (tertiary/aromatic N) is 2. The van der Waals surface area contributed by atoms with Crippen LogP contribution in [-0.2, 0) is 12.8 Å². The minimum atomic E-state index is 0.604. The van der Waals surface area contributed by atoms with Gasteiger partial charge < -0.3 is 5.53 Å². The zero-order valence-corrected chi connectivity index (χ0v) is 51.2. The van der Waals surface area contributed by atoms with E-state index in [4.69, 9.17) is 0 Å². The second-order valence-corrected chi connectivity index (χ2v) is 23.7. The van der Waals surface area contributed by atoms with E-state index in [0.29, 0.717) is 11.8 Å². The fraction of sp³-hybridized carbons (Fsp3) is 0.726. The van der Waals surface area contributed by atoms with Crippen molar-refractivity contribution in [2.24, 2.45) is 11.8 Å². The molecular weight excluding hydrogens is 905 g/mol. The summed E-state index contributed by atoms with van der Waals surface area (Å²) in [7, 11) is 0. The Morgan fingerprint density at radius 2 is 0.653 bits per heavy atom. The molecule has 2 unspecified atom stereocenters. The largest absolute Gasteiger partial charge is 0.493 e. The molecule has 0 N–H and O–H groups in total. The highest BCUT2D eigenvalue weighted by Gasteiger charge is 2.37. The van der Waals surface area contributed by atoms with Crippen LogP contribution in [0.3, 0.4) is 0 Å². The molecule has 2 aromatic rings. The van der Waals surface area contributed by atoms with Crippen molar-refractivity contribution < 1.29 is 4.70 Å². The number of aryl methyl sites for hydroxylation is 2. The van der Waals surface area contributed by atoms with Gasteiger partial charge in [0.1, 0.15) is 0 Å². The summed E-state index contributed by atoms with van der Waals surface area (Å²) in [6.45, 7) is 18.7. The monoisotopic (exact) mass is 1030 g/mol. The molecule has 0 bridgehead atoms. The van der Waals surface area contributed by atoms with E-state index < -0.39 is 0 Å². The summed E-state index contributed by atoms with van der Waals surface area (Å²) >= 11 is 0. The Kier molecular flexibility index (Phi) is 38.8. The summed E-state index contributed by atoms with van der Waals surface area (Å²) in [4.78, 5) is 0. The summed E-state index contributed by atoms with van der Waals surface area (Å²) in [5, 5.41) is 0. The fourth-order valence-electron chi connectivity index (χ4n) is 12.3. The van der Waals surface area contributed by atoms with Gasteiger partial charge in [0.2, 0.25) is 11.4 Å². The maximum atomic E-state index is 13.1. The highest BCUT2D eigenvalue weighted by atomic mass is 15.2. The Morgan fingerprint density at radius 3 is 1.03 bits per heavy atom. The zero-order chi connectivity index (χ0) is 54.0. The van der Waals surface area contributed by atoms with Crippen molar-refractivity contribution in [1.29, 1.82) is 0 Å². The maximum Gasteiger partial charge on any atom is 0.211 e. The Morgan fingerprint density at radius 1 is 0.347 bits per heavy atom. The molecule has 2 atom stereocenters. The summed E-state index contributed by atoms with van der Waals surface area (Å²) in [6, 6.07) is 18.6. The average Bonchev–Trinajstić information content (AvgIpc) is 3.70. The van der Waals surface area contributed by atoms with Crippen LogP contribution in [0.2, 0.25) is 0 Å². The minimum absolute atomic E-state index is 0.604. The molecule has 2 heteroatoms. The van der Waals surface area contributed by atoms with Crippen LogP contribution in [0.25, 0.3) is 16.9 Å². The van der Waals surface area contributed by atoms with E-state index in [2.05, 4.69) is 116 Å². The minimum Gasteiger partial charge on any atom is -0.493 e. The number of hydrogen-bond acceptors (Lipinski definition) is 0. The van der Waals surface area contributed by atoms with Crippen molar-refractivity contribution >= 4 is 11.4 Å². The number of hydrogen-bond donors (Lipinski definition) is 0. The summed E-state index contributed by atoms with van der Waals surface area (Å²) in [6.07, 6.45) is 60.6. The van der Waals surface area contributed by atoms with Gasteiger partial charge in [-0.1, -0.05) is 276 Å². The van der Waals surface area contributed by atoms with Gasteiger partial charge in [0.05, 0.1) is 0 Å². The standard InChI is InChI=1S/C73H122N2/c1-9-17-25-31-38-46-62(44-34-27-19-11-3)60-64(48-36-29-21-13-5)56-58-66-50-40-42-53-68(66)72-70(52-24-16-8)71(55-33-23-15-7)73(75(72)74)69-54-43-41-51-67(69)59-57-65(49-37-30-22-14-6)61-63(45-35-28-20-12-4)47-39-32-26-18-10-2/h40-43,50-51,53-54,60-61,64-65H,9-39,44-49,52,55-59H2,1-8H3. The van der Waals surface area contributed by atoms with Crippen molar-refractivity contribution in [3.63, 3.8) is 0 Å². The molecule has 3 rings (SSSR count). The van der Waals surface area contributed by atoms with Crippen molar-refractivity contribution in [2.45, 2.75) is 331 Å². The van der Waals surface area contributed by atoms with Gasteiger partial charge in [-0.05, 0) is 151 Å². The van der Waals surface area contributed by atoms with Crippen molar-refractivity contribution in [3.8, 4) is 0 Å². The van der Waals surface area contributed by atoms with E-state index in [1.54, 1.807) is 15.8 Å². The Bertz CT molecular complexity index is 1890. The van der Waals surface area contributed by atoms with Crippen molar-refractivity contribution in [1.82, 2.24) is 0 Å². The van der Waals surface area contributed by atoms with Gasteiger partial charge in [-0.2, -0.15) is 0 Å². The Balaban J connectivity index is 2.08. The maximum absolute atomic E-state index is 13.1. The van der Waals surface area contributed by atoms with E-state index in [1.807, 2.05) is 0 Å². The van der Waals surface area contributed by atoms with Gasteiger partial charge >= 0.3 is 0 Å². The average molecular weight is 1030 g/mol. The van der Waals surface area contributed by atoms with Crippen LogP contribution >= 0.6 is 0 Å². The first-order valence-electron chi connectivity index (χ1n) is 33.4. The lowest BCUT2D eigenvalue weighted by Crippen LogP contribution is -2.09. The van der Waals surface area contributed by atoms with Gasteiger partial charge in [-0.3, -0.25) is 0 Å². The second-order valence-electron chi connectivity index (χ2n) is 23.7. The first-order chi connectivity index (χ1) is 36.9. The number of rotatable bonds is 49. The molecule has 0 saturated heterocycles. The Hall–Kier alpha value is -3.00. The fourth-order valence-corrected chi connectivity index (χ4v) is 12.3. The predicted molar refractivity (Wildman–Crippen MR) is 336 cm³/mol. The zero-order valence-electron chi connectivity index (χ0n) is 51.2. The quantitative estimate of drug-likeness (QED) is 0.0359. The molecule has 1 aliphatic heterocycles. The molecular formula is C73H122N2. The molecule has 0 radical (unpaired) electrons. The van der Waals surface area contributed by atoms with Gasteiger partial charge in [0, 0.05) is 22.3 Å². The lowest BCUT2D eigenvalue weighted by Gasteiger charge is -2.19. The third kappa shape index (κ3) is 26.9. The number of unbranched alkanes of at least 4 members (excludes halogenated alkanes) is 23. The molecule has 1 heterocycles. The molecule has 1 aliphatic rings. The first-order valence-corrected chi connectivity index (χ1v) is 33.4. The number of benzene rings is 2. The van der Waals surface area contributed by atoms with Crippen LogP contribution < -0.4 is 0 Å². The third-order valence-electron chi connectivity index (χ3n) is 17.0. The van der Waals surface area contributed by atoms with Crippen LogP contribution in [0.4, 0.5) is 0 Å². The first kappa shape index (κ1) is 66.3. The van der Waals surface area contributed by atoms with Crippen molar-refractivity contribution in [3.05, 3.63) is 111 Å². The Labute approximate surface area is 467 Å². The molecule has 0 aromatic heterocycles.